The van der Waals surface area contributed by atoms with Crippen LogP contribution in [0.3, 0.4) is 0 Å². The highest BCUT2D eigenvalue weighted by molar-refractivity contribution is 5.96. The molecular formula is C16H26ClNO. The van der Waals surface area contributed by atoms with E-state index in [9.17, 15) is 4.79 Å². The van der Waals surface area contributed by atoms with Gasteiger partial charge >= 0.3 is 0 Å². The van der Waals surface area contributed by atoms with Gasteiger partial charge in [-0.1, -0.05) is 52.0 Å². The lowest BCUT2D eigenvalue weighted by atomic mass is 10.00. The fourth-order valence-electron chi connectivity index (χ4n) is 2.00. The summed E-state index contributed by atoms with van der Waals surface area (Å²) in [4.78, 5) is 14.3. The van der Waals surface area contributed by atoms with Gasteiger partial charge in [0.05, 0.1) is 0 Å². The van der Waals surface area contributed by atoms with Crippen LogP contribution < -0.4 is 0 Å². The molecule has 1 rings (SSSR count). The zero-order valence-electron chi connectivity index (χ0n) is 12.5. The van der Waals surface area contributed by atoms with E-state index < -0.39 is 0 Å². The SMILES string of the molecule is CCN(CC)CCC(=O)c1ccc(C(C)C)cc1.Cl. The van der Waals surface area contributed by atoms with Gasteiger partial charge in [-0.3, -0.25) is 4.79 Å². The molecule has 0 heterocycles. The third-order valence-corrected chi connectivity index (χ3v) is 3.45. The van der Waals surface area contributed by atoms with Crippen LogP contribution in [0.5, 0.6) is 0 Å². The molecule has 0 aromatic heterocycles. The highest BCUT2D eigenvalue weighted by atomic mass is 35.5. The van der Waals surface area contributed by atoms with Crippen LogP contribution in [0.1, 0.15) is 56.0 Å². The molecule has 0 N–H and O–H groups in total. The first-order valence-electron chi connectivity index (χ1n) is 6.94. The number of halogens is 1. The van der Waals surface area contributed by atoms with E-state index in [1.165, 1.54) is 5.56 Å². The highest BCUT2D eigenvalue weighted by Crippen LogP contribution is 2.15. The van der Waals surface area contributed by atoms with Crippen molar-refractivity contribution in [2.45, 2.75) is 40.0 Å². The predicted octanol–water partition coefficient (Wildman–Crippen LogP) is 4.15. The van der Waals surface area contributed by atoms with Crippen molar-refractivity contribution in [3.63, 3.8) is 0 Å². The van der Waals surface area contributed by atoms with Crippen LogP contribution in [0, 0.1) is 0 Å². The summed E-state index contributed by atoms with van der Waals surface area (Å²) in [5.41, 5.74) is 2.13. The molecule has 1 aromatic carbocycles. The maximum atomic E-state index is 12.0. The topological polar surface area (TPSA) is 20.3 Å². The van der Waals surface area contributed by atoms with E-state index in [0.29, 0.717) is 12.3 Å². The zero-order chi connectivity index (χ0) is 13.5. The fourth-order valence-corrected chi connectivity index (χ4v) is 2.00. The van der Waals surface area contributed by atoms with Crippen LogP contribution in [-0.4, -0.2) is 30.3 Å². The van der Waals surface area contributed by atoms with Crippen molar-refractivity contribution in [2.24, 2.45) is 0 Å². The van der Waals surface area contributed by atoms with E-state index in [2.05, 4.69) is 44.7 Å². The van der Waals surface area contributed by atoms with Crippen LogP contribution in [-0.2, 0) is 0 Å². The Labute approximate surface area is 123 Å². The van der Waals surface area contributed by atoms with E-state index in [1.807, 2.05) is 12.1 Å². The van der Waals surface area contributed by atoms with E-state index in [1.54, 1.807) is 0 Å². The molecule has 2 nitrogen and oxygen atoms in total. The average molecular weight is 284 g/mol. The minimum Gasteiger partial charge on any atom is -0.303 e. The first kappa shape index (κ1) is 18.1. The summed E-state index contributed by atoms with van der Waals surface area (Å²) < 4.78 is 0. The number of benzene rings is 1. The maximum absolute atomic E-state index is 12.0. The number of hydrogen-bond acceptors (Lipinski definition) is 2. The van der Waals surface area contributed by atoms with Crippen LogP contribution in [0.15, 0.2) is 24.3 Å². The Kier molecular flexibility index (Phi) is 8.70. The van der Waals surface area contributed by atoms with Crippen LogP contribution in [0.4, 0.5) is 0 Å². The van der Waals surface area contributed by atoms with Gasteiger partial charge in [-0.25, -0.2) is 0 Å². The van der Waals surface area contributed by atoms with Gasteiger partial charge in [-0.15, -0.1) is 12.4 Å². The summed E-state index contributed by atoms with van der Waals surface area (Å²) in [7, 11) is 0. The van der Waals surface area contributed by atoms with Crippen molar-refractivity contribution in [3.05, 3.63) is 35.4 Å². The molecule has 0 bridgehead atoms. The molecule has 1 aromatic rings. The standard InChI is InChI=1S/C16H25NO.ClH/c1-5-17(6-2)12-11-16(18)15-9-7-14(8-10-15)13(3)4;/h7-10,13H,5-6,11-12H2,1-4H3;1H. The Morgan fingerprint density at radius 1 is 1.11 bits per heavy atom. The molecule has 0 saturated heterocycles. The summed E-state index contributed by atoms with van der Waals surface area (Å²) in [6.45, 7) is 11.5. The number of ketones is 1. The molecule has 19 heavy (non-hydrogen) atoms. The third kappa shape index (κ3) is 5.75. The summed E-state index contributed by atoms with van der Waals surface area (Å²) in [6.07, 6.45) is 0.614. The van der Waals surface area contributed by atoms with Gasteiger partial charge in [-0.2, -0.15) is 0 Å². The Morgan fingerprint density at radius 2 is 1.63 bits per heavy atom. The number of hydrogen-bond donors (Lipinski definition) is 0. The highest BCUT2D eigenvalue weighted by Gasteiger charge is 2.08. The Bertz CT molecular complexity index is 369. The number of nitrogens with zero attached hydrogens (tertiary/aromatic N) is 1. The molecule has 0 aliphatic rings. The summed E-state index contributed by atoms with van der Waals surface area (Å²) in [6, 6.07) is 8.05. The number of carbonyl (C=O) groups excluding carboxylic acids is 1. The third-order valence-electron chi connectivity index (χ3n) is 3.45. The van der Waals surface area contributed by atoms with Gasteiger partial charge in [0, 0.05) is 18.5 Å². The van der Waals surface area contributed by atoms with Gasteiger partial charge in [0.1, 0.15) is 0 Å². The number of rotatable bonds is 7. The molecule has 3 heteroatoms. The van der Waals surface area contributed by atoms with Gasteiger partial charge in [0.2, 0.25) is 0 Å². The van der Waals surface area contributed by atoms with Crippen LogP contribution >= 0.6 is 12.4 Å². The van der Waals surface area contributed by atoms with Crippen molar-refractivity contribution in [3.8, 4) is 0 Å². The second kappa shape index (κ2) is 9.11. The molecule has 0 atom stereocenters. The van der Waals surface area contributed by atoms with Gasteiger partial charge in [0.25, 0.3) is 0 Å². The molecule has 0 aliphatic carbocycles. The summed E-state index contributed by atoms with van der Waals surface area (Å²) in [5.74, 6) is 0.766. The molecule has 0 amide bonds. The Balaban J connectivity index is 0.00000324. The van der Waals surface area contributed by atoms with E-state index >= 15 is 0 Å². The lowest BCUT2D eigenvalue weighted by Crippen LogP contribution is -2.25. The molecule has 0 unspecified atom stereocenters. The lowest BCUT2D eigenvalue weighted by molar-refractivity contribution is 0.0966. The Hall–Kier alpha value is -0.860. The normalized spacial score (nSPS) is 10.6. The predicted molar refractivity (Wildman–Crippen MR) is 84.5 cm³/mol. The van der Waals surface area contributed by atoms with Gasteiger partial charge < -0.3 is 4.90 Å². The maximum Gasteiger partial charge on any atom is 0.164 e. The summed E-state index contributed by atoms with van der Waals surface area (Å²) in [5, 5.41) is 0. The minimum absolute atomic E-state index is 0. The monoisotopic (exact) mass is 283 g/mol. The molecule has 108 valence electrons. The molecule has 0 spiro atoms. The quantitative estimate of drug-likeness (QED) is 0.701. The molecular weight excluding hydrogens is 258 g/mol. The first-order chi connectivity index (χ1) is 8.58. The number of Topliss-reactive ketones (excluding diaryl/α,β-unsaturated/α-hetero) is 1. The minimum atomic E-state index is 0. The summed E-state index contributed by atoms with van der Waals surface area (Å²) >= 11 is 0. The first-order valence-corrected chi connectivity index (χ1v) is 6.94. The zero-order valence-corrected chi connectivity index (χ0v) is 13.3. The molecule has 0 fully saturated rings. The van der Waals surface area contributed by atoms with Crippen molar-refractivity contribution in [1.29, 1.82) is 0 Å². The largest absolute Gasteiger partial charge is 0.303 e. The lowest BCUT2D eigenvalue weighted by Gasteiger charge is -2.17. The Morgan fingerprint density at radius 3 is 2.05 bits per heavy atom. The molecule has 0 radical (unpaired) electrons. The van der Waals surface area contributed by atoms with E-state index in [0.717, 1.165) is 25.2 Å². The van der Waals surface area contributed by atoms with E-state index in [-0.39, 0.29) is 18.2 Å². The molecule has 0 saturated carbocycles. The fraction of sp³-hybridized carbons (Fsp3) is 0.562. The van der Waals surface area contributed by atoms with Crippen molar-refractivity contribution < 1.29 is 4.79 Å². The smallest absolute Gasteiger partial charge is 0.164 e. The average Bonchev–Trinajstić information content (AvgIpc) is 2.39. The van der Waals surface area contributed by atoms with E-state index in [4.69, 9.17) is 0 Å². The molecule has 0 aliphatic heterocycles. The van der Waals surface area contributed by atoms with Crippen LogP contribution in [0.2, 0.25) is 0 Å². The second-order valence-corrected chi connectivity index (χ2v) is 4.98. The van der Waals surface area contributed by atoms with Gasteiger partial charge in [0.15, 0.2) is 5.78 Å². The van der Waals surface area contributed by atoms with Crippen LogP contribution in [0.25, 0.3) is 0 Å². The van der Waals surface area contributed by atoms with Crippen molar-refractivity contribution >= 4 is 18.2 Å². The van der Waals surface area contributed by atoms with Crippen molar-refractivity contribution in [1.82, 2.24) is 4.90 Å². The van der Waals surface area contributed by atoms with Crippen molar-refractivity contribution in [2.75, 3.05) is 19.6 Å². The van der Waals surface area contributed by atoms with Gasteiger partial charge in [-0.05, 0) is 24.6 Å². The number of carbonyl (C=O) groups is 1. The second-order valence-electron chi connectivity index (χ2n) is 4.98.